The van der Waals surface area contributed by atoms with Gasteiger partial charge in [-0.15, -0.1) is 0 Å². The van der Waals surface area contributed by atoms with Gasteiger partial charge in [-0.2, -0.15) is 0 Å². The second kappa shape index (κ2) is 4.20. The lowest BCUT2D eigenvalue weighted by Gasteiger charge is -2.36. The van der Waals surface area contributed by atoms with Crippen LogP contribution in [0.25, 0.3) is 0 Å². The van der Waals surface area contributed by atoms with Gasteiger partial charge in [0.25, 0.3) is 0 Å². The van der Waals surface area contributed by atoms with Crippen LogP contribution < -0.4 is 0 Å². The highest BCUT2D eigenvalue weighted by molar-refractivity contribution is 5.75. The lowest BCUT2D eigenvalue weighted by molar-refractivity contribution is -0.280. The highest BCUT2D eigenvalue weighted by atomic mass is 16.7. The predicted molar refractivity (Wildman–Crippen MR) is 40.9 cm³/mol. The molecule has 0 aromatic heterocycles. The molecule has 1 saturated heterocycles. The zero-order chi connectivity index (χ0) is 10.9. The molecular formula is C7H12O7. The van der Waals surface area contributed by atoms with Gasteiger partial charge in [0.1, 0.15) is 18.3 Å². The maximum absolute atomic E-state index is 11.0. The van der Waals surface area contributed by atoms with Crippen molar-refractivity contribution in [1.82, 2.24) is 0 Å². The van der Waals surface area contributed by atoms with Gasteiger partial charge in [-0.3, -0.25) is 0 Å². The monoisotopic (exact) mass is 208 g/mol. The summed E-state index contributed by atoms with van der Waals surface area (Å²) in [6, 6.07) is 0. The van der Waals surface area contributed by atoms with Crippen molar-refractivity contribution in [2.75, 3.05) is 7.11 Å². The highest BCUT2D eigenvalue weighted by Gasteiger charge is 2.46. The Labute approximate surface area is 79.5 Å². The van der Waals surface area contributed by atoms with Crippen molar-refractivity contribution in [1.29, 1.82) is 0 Å². The summed E-state index contributed by atoms with van der Waals surface area (Å²) >= 11 is 0. The Morgan fingerprint density at radius 2 is 1.71 bits per heavy atom. The van der Waals surface area contributed by atoms with Gasteiger partial charge in [-0.25, -0.2) is 4.79 Å². The molecule has 1 rings (SSSR count). The van der Waals surface area contributed by atoms with E-state index in [2.05, 4.69) is 9.47 Å². The Hall–Kier alpha value is -0.730. The topological polar surface area (TPSA) is 116 Å². The molecule has 1 aliphatic rings. The number of aliphatic hydroxyl groups is 4. The molecule has 0 bridgehead atoms. The average molecular weight is 208 g/mol. The zero-order valence-electron chi connectivity index (χ0n) is 7.40. The molecule has 1 aliphatic heterocycles. The van der Waals surface area contributed by atoms with Gasteiger partial charge in [0, 0.05) is 0 Å². The molecule has 82 valence electrons. The Morgan fingerprint density at radius 3 is 2.21 bits per heavy atom. The quantitative estimate of drug-likeness (QED) is 0.338. The molecule has 0 radical (unpaired) electrons. The van der Waals surface area contributed by atoms with Crippen molar-refractivity contribution in [2.24, 2.45) is 0 Å². The van der Waals surface area contributed by atoms with Crippen LogP contribution in [0.15, 0.2) is 0 Å². The van der Waals surface area contributed by atoms with E-state index in [1.807, 2.05) is 0 Å². The number of carbonyl (C=O) groups excluding carboxylic acids is 1. The van der Waals surface area contributed by atoms with Crippen molar-refractivity contribution < 1.29 is 34.7 Å². The second-order valence-electron chi connectivity index (χ2n) is 2.94. The minimum atomic E-state index is -1.72. The molecule has 0 aromatic carbocycles. The Kier molecular flexibility index (Phi) is 3.40. The average Bonchev–Trinajstić information content (AvgIpc) is 2.19. The summed E-state index contributed by atoms with van der Waals surface area (Å²) in [4.78, 5) is 11.0. The van der Waals surface area contributed by atoms with Gasteiger partial charge in [0.15, 0.2) is 12.4 Å². The number of esters is 1. The van der Waals surface area contributed by atoms with E-state index in [1.54, 1.807) is 0 Å². The summed E-state index contributed by atoms with van der Waals surface area (Å²) in [7, 11) is 1.07. The van der Waals surface area contributed by atoms with Crippen LogP contribution in [0.3, 0.4) is 0 Å². The van der Waals surface area contributed by atoms with Crippen LogP contribution in [0.2, 0.25) is 0 Å². The maximum Gasteiger partial charge on any atom is 0.337 e. The molecule has 0 aliphatic carbocycles. The van der Waals surface area contributed by atoms with E-state index in [0.717, 1.165) is 7.11 Å². The fourth-order valence-corrected chi connectivity index (χ4v) is 1.17. The third-order valence-electron chi connectivity index (χ3n) is 2.02. The maximum atomic E-state index is 11.0. The molecule has 0 unspecified atom stereocenters. The number of aliphatic hydroxyl groups excluding tert-OH is 4. The van der Waals surface area contributed by atoms with E-state index in [1.165, 1.54) is 0 Å². The number of rotatable bonds is 1. The number of hydrogen-bond acceptors (Lipinski definition) is 7. The number of carbonyl (C=O) groups is 1. The Balaban J connectivity index is 2.75. The van der Waals surface area contributed by atoms with Crippen molar-refractivity contribution >= 4 is 5.97 Å². The van der Waals surface area contributed by atoms with Gasteiger partial charge >= 0.3 is 5.97 Å². The molecule has 0 saturated carbocycles. The number of hydrogen-bond donors (Lipinski definition) is 4. The Morgan fingerprint density at radius 1 is 1.14 bits per heavy atom. The summed E-state index contributed by atoms with van der Waals surface area (Å²) in [6.45, 7) is 0. The van der Waals surface area contributed by atoms with E-state index in [-0.39, 0.29) is 0 Å². The first kappa shape index (κ1) is 11.3. The van der Waals surface area contributed by atoms with Crippen molar-refractivity contribution in [3.05, 3.63) is 0 Å². The number of methoxy groups -OCH3 is 1. The third kappa shape index (κ3) is 1.86. The standard InChI is InChI=1S/C7H12O7/c1-13-7(12)5-3(9)2(8)4(10)6(11)14-5/h2-6,8-11H,1H3/t2-,3-,4-,5-,6-/m1/s1. The first-order chi connectivity index (χ1) is 6.49. The second-order valence-corrected chi connectivity index (χ2v) is 2.94. The molecule has 7 heteroatoms. The van der Waals surface area contributed by atoms with Gasteiger partial charge < -0.3 is 29.9 Å². The summed E-state index contributed by atoms with van der Waals surface area (Å²) in [5.41, 5.74) is 0. The molecule has 7 nitrogen and oxygen atoms in total. The van der Waals surface area contributed by atoms with Crippen LogP contribution in [-0.2, 0) is 14.3 Å². The normalized spacial score (nSPS) is 43.4. The smallest absolute Gasteiger partial charge is 0.337 e. The minimum absolute atomic E-state index is 0.928. The van der Waals surface area contributed by atoms with E-state index >= 15 is 0 Å². The highest BCUT2D eigenvalue weighted by Crippen LogP contribution is 2.20. The van der Waals surface area contributed by atoms with E-state index in [9.17, 15) is 15.0 Å². The molecule has 1 heterocycles. The zero-order valence-corrected chi connectivity index (χ0v) is 7.40. The predicted octanol–water partition coefficient (Wildman–Crippen LogP) is -3.04. The Bertz CT molecular complexity index is 218. The SMILES string of the molecule is COC(=O)[C@@H]1O[C@@H](O)[C@H](O)[C@H](O)[C@H]1O. The number of ether oxygens (including phenoxy) is 2. The van der Waals surface area contributed by atoms with E-state index < -0.39 is 36.7 Å². The lowest BCUT2D eigenvalue weighted by Crippen LogP contribution is -2.59. The molecule has 0 amide bonds. The largest absolute Gasteiger partial charge is 0.467 e. The first-order valence-electron chi connectivity index (χ1n) is 3.94. The third-order valence-corrected chi connectivity index (χ3v) is 2.02. The molecule has 0 aromatic rings. The van der Waals surface area contributed by atoms with Gasteiger partial charge in [0.2, 0.25) is 0 Å². The van der Waals surface area contributed by atoms with Crippen molar-refractivity contribution in [3.8, 4) is 0 Å². The van der Waals surface area contributed by atoms with Gasteiger partial charge in [0.05, 0.1) is 7.11 Å². The van der Waals surface area contributed by atoms with Crippen LogP contribution in [0.4, 0.5) is 0 Å². The first-order valence-corrected chi connectivity index (χ1v) is 3.94. The summed E-state index contributed by atoms with van der Waals surface area (Å²) < 4.78 is 8.82. The molecule has 14 heavy (non-hydrogen) atoms. The van der Waals surface area contributed by atoms with Crippen LogP contribution in [0, 0.1) is 0 Å². The summed E-state index contributed by atoms with van der Waals surface area (Å²) in [5, 5.41) is 36.5. The minimum Gasteiger partial charge on any atom is -0.467 e. The van der Waals surface area contributed by atoms with Crippen LogP contribution >= 0.6 is 0 Å². The summed E-state index contributed by atoms with van der Waals surface area (Å²) in [6.07, 6.45) is -8.14. The fraction of sp³-hybridized carbons (Fsp3) is 0.857. The van der Waals surface area contributed by atoms with Gasteiger partial charge in [-0.1, -0.05) is 0 Å². The van der Waals surface area contributed by atoms with Crippen LogP contribution in [-0.4, -0.2) is 64.2 Å². The molecule has 5 atom stereocenters. The summed E-state index contributed by atoms with van der Waals surface area (Å²) in [5.74, 6) is -0.928. The molecule has 0 spiro atoms. The van der Waals surface area contributed by atoms with Crippen molar-refractivity contribution in [3.63, 3.8) is 0 Å². The van der Waals surface area contributed by atoms with Crippen LogP contribution in [0.5, 0.6) is 0 Å². The van der Waals surface area contributed by atoms with Crippen LogP contribution in [0.1, 0.15) is 0 Å². The molecule has 1 fully saturated rings. The lowest BCUT2D eigenvalue weighted by atomic mass is 9.99. The van der Waals surface area contributed by atoms with E-state index in [0.29, 0.717) is 0 Å². The van der Waals surface area contributed by atoms with Crippen molar-refractivity contribution in [2.45, 2.75) is 30.7 Å². The molecular weight excluding hydrogens is 196 g/mol. The van der Waals surface area contributed by atoms with Gasteiger partial charge in [-0.05, 0) is 0 Å². The molecule has 4 N–H and O–H groups in total. The van der Waals surface area contributed by atoms with E-state index in [4.69, 9.17) is 10.2 Å². The fourth-order valence-electron chi connectivity index (χ4n) is 1.17.